The highest BCUT2D eigenvalue weighted by molar-refractivity contribution is 7.12. The Kier molecular flexibility index (Phi) is 4.14. The molecular weight excluding hydrogens is 276 g/mol. The third-order valence-electron chi connectivity index (χ3n) is 2.84. The number of nitrogens with zero attached hydrogens (tertiary/aromatic N) is 1. The summed E-state index contributed by atoms with van der Waals surface area (Å²) in [5.74, 6) is 0.0244. The number of nitro groups is 1. The summed E-state index contributed by atoms with van der Waals surface area (Å²) in [5.41, 5.74) is 1.36. The molecule has 0 aliphatic carbocycles. The predicted octanol–water partition coefficient (Wildman–Crippen LogP) is 4.03. The van der Waals surface area contributed by atoms with Crippen LogP contribution in [0.2, 0.25) is 0 Å². The van der Waals surface area contributed by atoms with Gasteiger partial charge in [0.2, 0.25) is 0 Å². The molecule has 2 aromatic rings. The molecule has 5 nitrogen and oxygen atoms in total. The molecule has 1 amide bonds. The third-order valence-corrected chi connectivity index (χ3v) is 3.77. The maximum atomic E-state index is 12.2. The van der Waals surface area contributed by atoms with Gasteiger partial charge in [-0.2, -0.15) is 0 Å². The lowest BCUT2D eigenvalue weighted by Gasteiger charge is -2.08. The lowest BCUT2D eigenvalue weighted by Crippen LogP contribution is -2.12. The van der Waals surface area contributed by atoms with Gasteiger partial charge >= 0.3 is 0 Å². The second kappa shape index (κ2) is 5.83. The molecule has 1 N–H and O–H groups in total. The van der Waals surface area contributed by atoms with Crippen molar-refractivity contribution < 1.29 is 9.72 Å². The molecule has 0 bridgehead atoms. The van der Waals surface area contributed by atoms with Crippen LogP contribution in [0.15, 0.2) is 35.7 Å². The van der Waals surface area contributed by atoms with Crippen molar-refractivity contribution in [2.45, 2.75) is 19.8 Å². The predicted molar refractivity (Wildman–Crippen MR) is 79.5 cm³/mol. The standard InChI is InChI=1S/C14H14N2O3S/c1-9(2)12-6-7-20-13(12)14(17)15-10-4-3-5-11(8-10)16(18)19/h3-9H,1-2H3,(H,15,17). The van der Waals surface area contributed by atoms with Crippen molar-refractivity contribution in [1.29, 1.82) is 0 Å². The van der Waals surface area contributed by atoms with Gasteiger partial charge in [-0.05, 0) is 29.0 Å². The number of nitrogens with one attached hydrogen (secondary N) is 1. The largest absolute Gasteiger partial charge is 0.321 e. The minimum atomic E-state index is -0.486. The van der Waals surface area contributed by atoms with Crippen molar-refractivity contribution >= 4 is 28.6 Å². The van der Waals surface area contributed by atoms with Crippen molar-refractivity contribution in [1.82, 2.24) is 0 Å². The number of hydrogen-bond donors (Lipinski definition) is 1. The van der Waals surface area contributed by atoms with Gasteiger partial charge in [0.15, 0.2) is 0 Å². The minimum Gasteiger partial charge on any atom is -0.321 e. The maximum absolute atomic E-state index is 12.2. The van der Waals surface area contributed by atoms with E-state index >= 15 is 0 Å². The third kappa shape index (κ3) is 3.03. The van der Waals surface area contributed by atoms with Gasteiger partial charge in [0.1, 0.15) is 0 Å². The van der Waals surface area contributed by atoms with Crippen molar-refractivity contribution in [3.05, 3.63) is 56.3 Å². The Labute approximate surface area is 120 Å². The molecule has 0 spiro atoms. The molecule has 1 aromatic carbocycles. The first-order valence-electron chi connectivity index (χ1n) is 6.12. The van der Waals surface area contributed by atoms with E-state index in [1.807, 2.05) is 25.3 Å². The molecule has 0 atom stereocenters. The number of anilines is 1. The molecule has 0 aliphatic rings. The maximum Gasteiger partial charge on any atom is 0.271 e. The van der Waals surface area contributed by atoms with Crippen LogP contribution in [0.1, 0.15) is 35.0 Å². The number of carbonyl (C=O) groups is 1. The average molecular weight is 290 g/mol. The summed E-state index contributed by atoms with van der Waals surface area (Å²) in [6, 6.07) is 7.84. The van der Waals surface area contributed by atoms with Gasteiger partial charge in [0.05, 0.1) is 9.80 Å². The zero-order valence-electron chi connectivity index (χ0n) is 11.1. The summed E-state index contributed by atoms with van der Waals surface area (Å²) in [6.45, 7) is 4.04. The van der Waals surface area contributed by atoms with Gasteiger partial charge in [-0.15, -0.1) is 11.3 Å². The Morgan fingerprint density at radius 2 is 2.10 bits per heavy atom. The highest BCUT2D eigenvalue weighted by Crippen LogP contribution is 2.26. The van der Waals surface area contributed by atoms with Crippen LogP contribution in [0.3, 0.4) is 0 Å². The lowest BCUT2D eigenvalue weighted by atomic mass is 10.0. The molecular formula is C14H14N2O3S. The molecule has 0 radical (unpaired) electrons. The van der Waals surface area contributed by atoms with Gasteiger partial charge in [-0.3, -0.25) is 14.9 Å². The van der Waals surface area contributed by atoms with E-state index in [2.05, 4.69) is 5.32 Å². The summed E-state index contributed by atoms with van der Waals surface area (Å²) >= 11 is 1.37. The Morgan fingerprint density at radius 3 is 2.75 bits per heavy atom. The highest BCUT2D eigenvalue weighted by atomic mass is 32.1. The van der Waals surface area contributed by atoms with Crippen LogP contribution in [0.4, 0.5) is 11.4 Å². The normalized spacial score (nSPS) is 10.6. The van der Waals surface area contributed by atoms with Gasteiger partial charge in [0, 0.05) is 17.8 Å². The van der Waals surface area contributed by atoms with E-state index in [1.165, 1.54) is 23.5 Å². The van der Waals surface area contributed by atoms with Crippen molar-refractivity contribution in [3.8, 4) is 0 Å². The van der Waals surface area contributed by atoms with E-state index < -0.39 is 4.92 Å². The lowest BCUT2D eigenvalue weighted by molar-refractivity contribution is -0.384. The first-order chi connectivity index (χ1) is 9.49. The molecule has 1 aromatic heterocycles. The molecule has 0 unspecified atom stereocenters. The molecule has 104 valence electrons. The summed E-state index contributed by atoms with van der Waals surface area (Å²) in [7, 11) is 0. The fourth-order valence-corrected chi connectivity index (χ4v) is 2.79. The van der Waals surface area contributed by atoms with Crippen LogP contribution in [0.5, 0.6) is 0 Å². The highest BCUT2D eigenvalue weighted by Gasteiger charge is 2.16. The molecule has 0 saturated heterocycles. The molecule has 0 aliphatic heterocycles. The zero-order chi connectivity index (χ0) is 14.7. The Balaban J connectivity index is 2.21. The molecule has 0 saturated carbocycles. The van der Waals surface area contributed by atoms with Gasteiger partial charge in [0.25, 0.3) is 11.6 Å². The van der Waals surface area contributed by atoms with Crippen LogP contribution in [-0.4, -0.2) is 10.8 Å². The zero-order valence-corrected chi connectivity index (χ0v) is 11.9. The number of non-ortho nitro benzene ring substituents is 1. The van der Waals surface area contributed by atoms with Crippen LogP contribution in [0, 0.1) is 10.1 Å². The quantitative estimate of drug-likeness (QED) is 0.682. The molecule has 20 heavy (non-hydrogen) atoms. The second-order valence-corrected chi connectivity index (χ2v) is 5.54. The smallest absolute Gasteiger partial charge is 0.271 e. The van der Waals surface area contributed by atoms with Crippen molar-refractivity contribution in [2.24, 2.45) is 0 Å². The number of nitro benzene ring substituents is 1. The van der Waals surface area contributed by atoms with Gasteiger partial charge in [-0.25, -0.2) is 0 Å². The van der Waals surface area contributed by atoms with E-state index in [0.717, 1.165) is 5.56 Å². The molecule has 1 heterocycles. The van der Waals surface area contributed by atoms with E-state index in [4.69, 9.17) is 0 Å². The van der Waals surface area contributed by atoms with E-state index in [9.17, 15) is 14.9 Å². The summed E-state index contributed by atoms with van der Waals surface area (Å²) in [4.78, 5) is 23.1. The number of carbonyl (C=O) groups excluding carboxylic acids is 1. The number of rotatable bonds is 4. The SMILES string of the molecule is CC(C)c1ccsc1C(=O)Nc1cccc([N+](=O)[O-])c1. The Morgan fingerprint density at radius 1 is 1.35 bits per heavy atom. The van der Waals surface area contributed by atoms with E-state index in [-0.39, 0.29) is 17.5 Å². The Hall–Kier alpha value is -2.21. The fraction of sp³-hybridized carbons (Fsp3) is 0.214. The summed E-state index contributed by atoms with van der Waals surface area (Å²) in [5, 5.41) is 15.3. The first-order valence-corrected chi connectivity index (χ1v) is 7.00. The van der Waals surface area contributed by atoms with Gasteiger partial charge < -0.3 is 5.32 Å². The topological polar surface area (TPSA) is 72.2 Å². The first kappa shape index (κ1) is 14.2. The molecule has 6 heteroatoms. The van der Waals surface area contributed by atoms with Crippen LogP contribution in [-0.2, 0) is 0 Å². The fourth-order valence-electron chi connectivity index (χ4n) is 1.84. The van der Waals surface area contributed by atoms with Crippen molar-refractivity contribution in [3.63, 3.8) is 0 Å². The van der Waals surface area contributed by atoms with Crippen LogP contribution in [0.25, 0.3) is 0 Å². The average Bonchev–Trinajstić information content (AvgIpc) is 2.88. The second-order valence-electron chi connectivity index (χ2n) is 4.62. The van der Waals surface area contributed by atoms with E-state index in [0.29, 0.717) is 10.6 Å². The number of hydrogen-bond acceptors (Lipinski definition) is 4. The monoisotopic (exact) mass is 290 g/mol. The minimum absolute atomic E-state index is 0.0435. The van der Waals surface area contributed by atoms with Crippen LogP contribution >= 0.6 is 11.3 Å². The summed E-state index contributed by atoms with van der Waals surface area (Å²) < 4.78 is 0. The number of amides is 1. The Bertz CT molecular complexity index is 649. The number of thiophene rings is 1. The van der Waals surface area contributed by atoms with E-state index in [1.54, 1.807) is 12.1 Å². The van der Waals surface area contributed by atoms with Gasteiger partial charge in [-0.1, -0.05) is 19.9 Å². The molecule has 0 fully saturated rings. The number of benzene rings is 1. The molecule has 2 rings (SSSR count). The van der Waals surface area contributed by atoms with Crippen LogP contribution < -0.4 is 5.32 Å². The van der Waals surface area contributed by atoms with Crippen molar-refractivity contribution in [2.75, 3.05) is 5.32 Å². The summed E-state index contributed by atoms with van der Waals surface area (Å²) in [6.07, 6.45) is 0.